The van der Waals surface area contributed by atoms with Gasteiger partial charge in [-0.25, -0.2) is 19.2 Å². The lowest BCUT2D eigenvalue weighted by atomic mass is 9.70. The fraction of sp³-hybridized carbons (Fsp3) is 0.200. The molecule has 2 aliphatic heterocycles. The first-order valence-electron chi connectivity index (χ1n) is 8.55. The summed E-state index contributed by atoms with van der Waals surface area (Å²) in [6.45, 7) is 0.578. The topological polar surface area (TPSA) is 86.7 Å². The van der Waals surface area contributed by atoms with Crippen LogP contribution < -0.4 is 0 Å². The van der Waals surface area contributed by atoms with Crippen LogP contribution in [-0.2, 0) is 14.9 Å². The van der Waals surface area contributed by atoms with E-state index in [9.17, 15) is 41.1 Å². The Labute approximate surface area is 169 Å². The van der Waals surface area contributed by atoms with E-state index in [2.05, 4.69) is 9.47 Å². The van der Waals surface area contributed by atoms with Gasteiger partial charge in [0, 0.05) is 0 Å². The molecule has 2 aromatic rings. The zero-order chi connectivity index (χ0) is 22.9. The summed E-state index contributed by atoms with van der Waals surface area (Å²) in [5.41, 5.74) is -6.00. The molecule has 0 fully saturated rings. The number of cyclic esters (lactones) is 4. The van der Waals surface area contributed by atoms with Gasteiger partial charge in [0.25, 0.3) is 0 Å². The van der Waals surface area contributed by atoms with E-state index in [4.69, 9.17) is 0 Å². The van der Waals surface area contributed by atoms with Gasteiger partial charge in [-0.1, -0.05) is 12.1 Å². The third-order valence-electron chi connectivity index (χ3n) is 5.43. The van der Waals surface area contributed by atoms with Crippen LogP contribution in [0.5, 0.6) is 0 Å². The molecule has 160 valence electrons. The number of carbonyl (C=O) groups excluding carboxylic acids is 4. The minimum absolute atomic E-state index is 0.283. The standard InChI is InChI=1S/C20H9F5O6/c1-18(19(21,22)20(23,24)25,8-2-4-10-12(6-8)16(28)30-14(10)26)9-3-5-11-13(7-9)17(29)31-15(11)27/h2-7H,1H3. The Kier molecular flexibility index (Phi) is 4.12. The van der Waals surface area contributed by atoms with Crippen molar-refractivity contribution in [3.63, 3.8) is 0 Å². The predicted octanol–water partition coefficient (Wildman–Crippen LogP) is 3.81. The molecule has 2 aromatic carbocycles. The first-order valence-corrected chi connectivity index (χ1v) is 8.55. The quantitative estimate of drug-likeness (QED) is 0.410. The Morgan fingerprint density at radius 2 is 0.968 bits per heavy atom. The van der Waals surface area contributed by atoms with Gasteiger partial charge in [-0.3, -0.25) is 0 Å². The molecule has 0 saturated heterocycles. The second-order valence-electron chi connectivity index (χ2n) is 7.07. The van der Waals surface area contributed by atoms with Crippen LogP contribution >= 0.6 is 0 Å². The van der Waals surface area contributed by atoms with Gasteiger partial charge in [-0.2, -0.15) is 22.0 Å². The molecule has 0 unspecified atom stereocenters. The molecule has 0 atom stereocenters. The lowest BCUT2D eigenvalue weighted by Crippen LogP contribution is -2.54. The molecule has 0 bridgehead atoms. The number of hydrogen-bond acceptors (Lipinski definition) is 6. The molecule has 0 N–H and O–H groups in total. The number of alkyl halides is 5. The summed E-state index contributed by atoms with van der Waals surface area (Å²) in [7, 11) is 0. The maximum absolute atomic E-state index is 14.9. The second-order valence-corrected chi connectivity index (χ2v) is 7.07. The van der Waals surface area contributed by atoms with Crippen LogP contribution in [0, 0.1) is 0 Å². The van der Waals surface area contributed by atoms with Crippen molar-refractivity contribution in [1.29, 1.82) is 0 Å². The van der Waals surface area contributed by atoms with Gasteiger partial charge in [-0.15, -0.1) is 0 Å². The number of halogens is 5. The van der Waals surface area contributed by atoms with E-state index in [0.717, 1.165) is 36.4 Å². The summed E-state index contributed by atoms with van der Waals surface area (Å²) >= 11 is 0. The lowest BCUT2D eigenvalue weighted by Gasteiger charge is -2.39. The Morgan fingerprint density at radius 1 is 0.613 bits per heavy atom. The highest BCUT2D eigenvalue weighted by Crippen LogP contribution is 2.53. The lowest BCUT2D eigenvalue weighted by molar-refractivity contribution is -0.302. The van der Waals surface area contributed by atoms with Crippen molar-refractivity contribution in [2.75, 3.05) is 0 Å². The monoisotopic (exact) mass is 440 g/mol. The molecule has 6 nitrogen and oxygen atoms in total. The summed E-state index contributed by atoms with van der Waals surface area (Å²) in [5, 5.41) is 0. The Bertz CT molecular complexity index is 1120. The van der Waals surface area contributed by atoms with E-state index >= 15 is 0 Å². The van der Waals surface area contributed by atoms with Crippen LogP contribution in [-0.4, -0.2) is 36.0 Å². The van der Waals surface area contributed by atoms with Crippen molar-refractivity contribution in [3.8, 4) is 0 Å². The van der Waals surface area contributed by atoms with Gasteiger partial charge < -0.3 is 9.47 Å². The molecule has 4 rings (SSSR count). The third-order valence-corrected chi connectivity index (χ3v) is 5.43. The first kappa shape index (κ1) is 20.6. The van der Waals surface area contributed by atoms with Gasteiger partial charge in [0.05, 0.1) is 27.7 Å². The summed E-state index contributed by atoms with van der Waals surface area (Å²) in [5.74, 6) is -9.91. The van der Waals surface area contributed by atoms with Crippen LogP contribution in [0.2, 0.25) is 0 Å². The normalized spacial score (nSPS) is 16.2. The maximum Gasteiger partial charge on any atom is 0.454 e. The molecule has 11 heteroatoms. The van der Waals surface area contributed by atoms with E-state index in [1.165, 1.54) is 0 Å². The Hall–Kier alpha value is -3.63. The molecule has 2 aliphatic rings. The van der Waals surface area contributed by atoms with Crippen LogP contribution in [0.3, 0.4) is 0 Å². The Balaban J connectivity index is 2.00. The van der Waals surface area contributed by atoms with Crippen molar-refractivity contribution in [2.45, 2.75) is 24.4 Å². The highest BCUT2D eigenvalue weighted by atomic mass is 19.4. The number of rotatable bonds is 3. The summed E-state index contributed by atoms with van der Waals surface area (Å²) < 4.78 is 79.0. The number of ether oxygens (including phenoxy) is 2. The van der Waals surface area contributed by atoms with Gasteiger partial charge in [0.2, 0.25) is 0 Å². The number of fused-ring (bicyclic) bond motifs is 2. The minimum atomic E-state index is -6.04. The largest absolute Gasteiger partial charge is 0.454 e. The van der Waals surface area contributed by atoms with Crippen molar-refractivity contribution in [3.05, 3.63) is 69.8 Å². The molecule has 0 aromatic heterocycles. The zero-order valence-electron chi connectivity index (χ0n) is 15.3. The Morgan fingerprint density at radius 3 is 1.32 bits per heavy atom. The van der Waals surface area contributed by atoms with Crippen molar-refractivity contribution < 1.29 is 50.6 Å². The van der Waals surface area contributed by atoms with Gasteiger partial charge >= 0.3 is 36.0 Å². The van der Waals surface area contributed by atoms with Crippen LogP contribution in [0.4, 0.5) is 22.0 Å². The molecule has 0 aliphatic carbocycles. The zero-order valence-corrected chi connectivity index (χ0v) is 15.3. The fourth-order valence-corrected chi connectivity index (χ4v) is 3.61. The smallest absolute Gasteiger partial charge is 0.386 e. The molecule has 31 heavy (non-hydrogen) atoms. The van der Waals surface area contributed by atoms with E-state index in [1.54, 1.807) is 0 Å². The molecule has 2 heterocycles. The number of benzene rings is 2. The van der Waals surface area contributed by atoms with Gasteiger partial charge in [0.15, 0.2) is 0 Å². The number of esters is 4. The van der Waals surface area contributed by atoms with E-state index < -0.39 is 63.6 Å². The summed E-state index contributed by atoms with van der Waals surface area (Å²) in [6, 6.07) is 4.95. The SMILES string of the molecule is CC(c1ccc2c(c1)C(=O)OC2=O)(c1ccc2c(c1)C(=O)OC2=O)C(F)(F)C(F)(F)F. The van der Waals surface area contributed by atoms with Crippen molar-refractivity contribution >= 4 is 23.9 Å². The maximum atomic E-state index is 14.9. The average Bonchev–Trinajstić information content (AvgIpc) is 3.14. The predicted molar refractivity (Wildman–Crippen MR) is 89.8 cm³/mol. The second kappa shape index (κ2) is 6.19. The molecule has 0 amide bonds. The highest BCUT2D eigenvalue weighted by Gasteiger charge is 2.69. The van der Waals surface area contributed by atoms with Crippen LogP contribution in [0.1, 0.15) is 59.5 Å². The first-order chi connectivity index (χ1) is 14.3. The molecular formula is C20H9F5O6. The van der Waals surface area contributed by atoms with Crippen molar-refractivity contribution in [2.24, 2.45) is 0 Å². The van der Waals surface area contributed by atoms with Crippen LogP contribution in [0.25, 0.3) is 0 Å². The summed E-state index contributed by atoms with van der Waals surface area (Å²) in [6.07, 6.45) is -6.04. The van der Waals surface area contributed by atoms with Crippen molar-refractivity contribution in [1.82, 2.24) is 0 Å². The molecule has 0 saturated carbocycles. The van der Waals surface area contributed by atoms with E-state index in [0.29, 0.717) is 6.92 Å². The molecule has 0 radical (unpaired) electrons. The van der Waals surface area contributed by atoms with E-state index in [-0.39, 0.29) is 11.1 Å². The minimum Gasteiger partial charge on any atom is -0.386 e. The average molecular weight is 440 g/mol. The number of carbonyl (C=O) groups is 4. The molecule has 0 spiro atoms. The van der Waals surface area contributed by atoms with E-state index in [1.807, 2.05) is 0 Å². The van der Waals surface area contributed by atoms with Gasteiger partial charge in [0.1, 0.15) is 0 Å². The van der Waals surface area contributed by atoms with Gasteiger partial charge in [-0.05, 0) is 42.3 Å². The number of hydrogen-bond donors (Lipinski definition) is 0. The molecular weight excluding hydrogens is 431 g/mol. The highest BCUT2D eigenvalue weighted by molar-refractivity contribution is 6.15. The fourth-order valence-electron chi connectivity index (χ4n) is 3.61. The third kappa shape index (κ3) is 2.69. The summed E-state index contributed by atoms with van der Waals surface area (Å²) in [4.78, 5) is 46.8. The van der Waals surface area contributed by atoms with Crippen LogP contribution in [0.15, 0.2) is 36.4 Å².